The molecule has 3 nitrogen and oxygen atoms in total. The molecule has 1 heterocycles. The average Bonchev–Trinajstić information content (AvgIpc) is 2.90. The standard InChI is InChI=1S/C17H25NO2/c1-5-8-14(6-2)18-12(3)16-11-13-9-7-10-15(19-4)17(13)20-16/h7,9-12,14,18H,5-6,8H2,1-4H3. The predicted molar refractivity (Wildman–Crippen MR) is 83.3 cm³/mol. The summed E-state index contributed by atoms with van der Waals surface area (Å²) in [7, 11) is 1.67. The molecular formula is C17H25NO2. The van der Waals surface area contributed by atoms with Crippen LogP contribution in [0.3, 0.4) is 0 Å². The summed E-state index contributed by atoms with van der Waals surface area (Å²) in [5.74, 6) is 1.76. The number of hydrogen-bond acceptors (Lipinski definition) is 3. The summed E-state index contributed by atoms with van der Waals surface area (Å²) in [5.41, 5.74) is 0.835. The zero-order valence-corrected chi connectivity index (χ0v) is 12.9. The van der Waals surface area contributed by atoms with Crippen molar-refractivity contribution in [3.8, 4) is 5.75 Å². The molecule has 0 aliphatic rings. The number of benzene rings is 1. The molecule has 20 heavy (non-hydrogen) atoms. The SMILES string of the molecule is CCCC(CC)NC(C)c1cc2cccc(OC)c2o1. The van der Waals surface area contributed by atoms with Gasteiger partial charge in [0.05, 0.1) is 13.2 Å². The van der Waals surface area contributed by atoms with E-state index in [-0.39, 0.29) is 6.04 Å². The Kier molecular flexibility index (Phi) is 5.07. The molecule has 110 valence electrons. The van der Waals surface area contributed by atoms with Crippen LogP contribution in [0.15, 0.2) is 28.7 Å². The molecule has 1 aromatic heterocycles. The van der Waals surface area contributed by atoms with E-state index in [1.807, 2.05) is 12.1 Å². The Morgan fingerprint density at radius 1 is 1.30 bits per heavy atom. The number of para-hydroxylation sites is 1. The Balaban J connectivity index is 2.20. The Bertz CT molecular complexity index is 547. The van der Waals surface area contributed by atoms with Gasteiger partial charge >= 0.3 is 0 Å². The Morgan fingerprint density at radius 3 is 2.75 bits per heavy atom. The molecule has 0 saturated carbocycles. The highest BCUT2D eigenvalue weighted by Crippen LogP contribution is 2.31. The summed E-state index contributed by atoms with van der Waals surface area (Å²) < 4.78 is 11.3. The zero-order valence-electron chi connectivity index (χ0n) is 12.9. The highest BCUT2D eigenvalue weighted by atomic mass is 16.5. The van der Waals surface area contributed by atoms with Gasteiger partial charge in [-0.15, -0.1) is 0 Å². The maximum atomic E-state index is 5.99. The summed E-state index contributed by atoms with van der Waals surface area (Å²) in [6, 6.07) is 8.84. The van der Waals surface area contributed by atoms with Gasteiger partial charge in [-0.25, -0.2) is 0 Å². The van der Waals surface area contributed by atoms with Crippen LogP contribution < -0.4 is 10.1 Å². The third-order valence-electron chi connectivity index (χ3n) is 3.79. The highest BCUT2D eigenvalue weighted by molar-refractivity contribution is 5.83. The second-order valence-corrected chi connectivity index (χ2v) is 5.31. The fourth-order valence-electron chi connectivity index (χ4n) is 2.62. The van der Waals surface area contributed by atoms with E-state index in [1.54, 1.807) is 7.11 Å². The van der Waals surface area contributed by atoms with Crippen molar-refractivity contribution in [3.05, 3.63) is 30.0 Å². The second-order valence-electron chi connectivity index (χ2n) is 5.31. The number of rotatable bonds is 7. The molecule has 0 spiro atoms. The van der Waals surface area contributed by atoms with Crippen LogP contribution in [0.2, 0.25) is 0 Å². The zero-order chi connectivity index (χ0) is 14.5. The van der Waals surface area contributed by atoms with Gasteiger partial charge in [0.15, 0.2) is 11.3 Å². The lowest BCUT2D eigenvalue weighted by molar-refractivity contribution is 0.369. The number of nitrogens with one attached hydrogen (secondary N) is 1. The summed E-state index contributed by atoms with van der Waals surface area (Å²) in [4.78, 5) is 0. The smallest absolute Gasteiger partial charge is 0.176 e. The minimum Gasteiger partial charge on any atom is -0.493 e. The molecule has 0 aliphatic heterocycles. The van der Waals surface area contributed by atoms with Crippen LogP contribution in [0, 0.1) is 0 Å². The molecular weight excluding hydrogens is 250 g/mol. The molecule has 0 aliphatic carbocycles. The Hall–Kier alpha value is -1.48. The summed E-state index contributed by atoms with van der Waals surface area (Å²) >= 11 is 0. The van der Waals surface area contributed by atoms with Crippen molar-refractivity contribution < 1.29 is 9.15 Å². The minimum atomic E-state index is 0.212. The summed E-state index contributed by atoms with van der Waals surface area (Å²) in [5, 5.41) is 4.74. The third kappa shape index (κ3) is 3.15. The van der Waals surface area contributed by atoms with Crippen molar-refractivity contribution in [1.82, 2.24) is 5.32 Å². The second kappa shape index (κ2) is 6.80. The first-order valence-corrected chi connectivity index (χ1v) is 7.52. The van der Waals surface area contributed by atoms with Gasteiger partial charge in [-0.05, 0) is 31.9 Å². The maximum Gasteiger partial charge on any atom is 0.176 e. The molecule has 2 unspecified atom stereocenters. The van der Waals surface area contributed by atoms with Crippen LogP contribution >= 0.6 is 0 Å². The van der Waals surface area contributed by atoms with E-state index >= 15 is 0 Å². The van der Waals surface area contributed by atoms with E-state index in [4.69, 9.17) is 9.15 Å². The van der Waals surface area contributed by atoms with E-state index in [0.717, 1.165) is 28.9 Å². The number of fused-ring (bicyclic) bond motifs is 1. The molecule has 2 rings (SSSR count). The normalized spacial score (nSPS) is 14.4. The number of furan rings is 1. The topological polar surface area (TPSA) is 34.4 Å². The quantitative estimate of drug-likeness (QED) is 0.797. The highest BCUT2D eigenvalue weighted by Gasteiger charge is 2.16. The Labute approximate surface area is 121 Å². The van der Waals surface area contributed by atoms with Crippen LogP contribution in [0.25, 0.3) is 11.0 Å². The molecule has 0 fully saturated rings. The van der Waals surface area contributed by atoms with Crippen molar-refractivity contribution >= 4 is 11.0 Å². The number of methoxy groups -OCH3 is 1. The lowest BCUT2D eigenvalue weighted by Gasteiger charge is -2.20. The first kappa shape index (κ1) is 14.9. The fourth-order valence-corrected chi connectivity index (χ4v) is 2.62. The fraction of sp³-hybridized carbons (Fsp3) is 0.529. The van der Waals surface area contributed by atoms with E-state index in [2.05, 4.69) is 38.2 Å². The predicted octanol–water partition coefficient (Wildman–Crippen LogP) is 4.67. The molecule has 0 amide bonds. The van der Waals surface area contributed by atoms with Gasteiger partial charge in [-0.2, -0.15) is 0 Å². The van der Waals surface area contributed by atoms with Crippen LogP contribution in [0.1, 0.15) is 51.8 Å². The molecule has 1 N–H and O–H groups in total. The van der Waals surface area contributed by atoms with E-state index in [0.29, 0.717) is 6.04 Å². The number of hydrogen-bond donors (Lipinski definition) is 1. The summed E-state index contributed by atoms with van der Waals surface area (Å²) in [6.07, 6.45) is 3.54. The van der Waals surface area contributed by atoms with Gasteiger partial charge < -0.3 is 14.5 Å². The van der Waals surface area contributed by atoms with E-state index < -0.39 is 0 Å². The van der Waals surface area contributed by atoms with Gasteiger partial charge in [0.2, 0.25) is 0 Å². The first-order valence-electron chi connectivity index (χ1n) is 7.52. The van der Waals surface area contributed by atoms with E-state index in [9.17, 15) is 0 Å². The van der Waals surface area contributed by atoms with Crippen LogP contribution in [-0.4, -0.2) is 13.2 Å². The third-order valence-corrected chi connectivity index (χ3v) is 3.79. The van der Waals surface area contributed by atoms with Crippen molar-refractivity contribution in [1.29, 1.82) is 0 Å². The maximum absolute atomic E-state index is 5.99. The van der Waals surface area contributed by atoms with Crippen molar-refractivity contribution in [2.45, 2.75) is 52.1 Å². The van der Waals surface area contributed by atoms with Gasteiger partial charge in [0.25, 0.3) is 0 Å². The monoisotopic (exact) mass is 275 g/mol. The van der Waals surface area contributed by atoms with Gasteiger partial charge in [0.1, 0.15) is 5.76 Å². The van der Waals surface area contributed by atoms with Crippen LogP contribution in [0.4, 0.5) is 0 Å². The minimum absolute atomic E-state index is 0.212. The molecule has 0 saturated heterocycles. The van der Waals surface area contributed by atoms with Crippen LogP contribution in [-0.2, 0) is 0 Å². The largest absolute Gasteiger partial charge is 0.493 e. The van der Waals surface area contributed by atoms with E-state index in [1.165, 1.54) is 12.8 Å². The molecule has 2 atom stereocenters. The van der Waals surface area contributed by atoms with Crippen molar-refractivity contribution in [2.75, 3.05) is 7.11 Å². The van der Waals surface area contributed by atoms with Crippen molar-refractivity contribution in [2.24, 2.45) is 0 Å². The molecule has 3 heteroatoms. The van der Waals surface area contributed by atoms with Gasteiger partial charge in [-0.3, -0.25) is 0 Å². The summed E-state index contributed by atoms with van der Waals surface area (Å²) in [6.45, 7) is 6.60. The molecule has 0 radical (unpaired) electrons. The lowest BCUT2D eigenvalue weighted by Crippen LogP contribution is -2.30. The molecule has 2 aromatic rings. The van der Waals surface area contributed by atoms with Gasteiger partial charge in [-0.1, -0.05) is 32.4 Å². The molecule has 1 aromatic carbocycles. The van der Waals surface area contributed by atoms with Crippen LogP contribution in [0.5, 0.6) is 5.75 Å². The van der Waals surface area contributed by atoms with Gasteiger partial charge in [0, 0.05) is 11.4 Å². The lowest BCUT2D eigenvalue weighted by atomic mass is 10.1. The average molecular weight is 275 g/mol. The molecule has 0 bridgehead atoms. The Morgan fingerprint density at radius 2 is 2.10 bits per heavy atom. The number of ether oxygens (including phenoxy) is 1. The van der Waals surface area contributed by atoms with Crippen molar-refractivity contribution in [3.63, 3.8) is 0 Å². The first-order chi connectivity index (χ1) is 9.69.